The summed E-state index contributed by atoms with van der Waals surface area (Å²) in [4.78, 5) is 36.6. The Morgan fingerprint density at radius 2 is 2.00 bits per heavy atom. The second-order valence-electron chi connectivity index (χ2n) is 4.23. The van der Waals surface area contributed by atoms with E-state index in [9.17, 15) is 14.4 Å². The Labute approximate surface area is 112 Å². The van der Waals surface area contributed by atoms with Crippen molar-refractivity contribution >= 4 is 5.78 Å². The van der Waals surface area contributed by atoms with Crippen LogP contribution in [-0.4, -0.2) is 22.1 Å². The third-order valence-electron chi connectivity index (χ3n) is 2.91. The molecule has 0 fully saturated rings. The van der Waals surface area contributed by atoms with Gasteiger partial charge in [0, 0.05) is 17.8 Å². The van der Waals surface area contributed by atoms with E-state index in [2.05, 4.69) is 4.98 Å². The molecule has 0 aliphatic carbocycles. The van der Waals surface area contributed by atoms with E-state index in [1.165, 1.54) is 12.3 Å². The van der Waals surface area contributed by atoms with Crippen molar-refractivity contribution in [1.82, 2.24) is 9.55 Å². The van der Waals surface area contributed by atoms with Gasteiger partial charge in [-0.05, 0) is 18.2 Å². The summed E-state index contributed by atoms with van der Waals surface area (Å²) in [6.07, 6.45) is 1.28. The molecule has 1 aliphatic heterocycles. The molecule has 0 unspecified atom stereocenters. The van der Waals surface area contributed by atoms with Crippen LogP contribution in [0.2, 0.25) is 0 Å². The first-order valence-electron chi connectivity index (χ1n) is 5.86. The van der Waals surface area contributed by atoms with Crippen LogP contribution >= 0.6 is 0 Å². The summed E-state index contributed by atoms with van der Waals surface area (Å²) in [5, 5.41) is 0. The number of benzene rings is 1. The summed E-state index contributed by atoms with van der Waals surface area (Å²) in [6.45, 7) is -0.0262. The molecular formula is C13H10N2O5. The van der Waals surface area contributed by atoms with Crippen molar-refractivity contribution < 1.29 is 14.3 Å². The van der Waals surface area contributed by atoms with Gasteiger partial charge in [-0.3, -0.25) is 19.1 Å². The van der Waals surface area contributed by atoms with Crippen LogP contribution < -0.4 is 20.7 Å². The quantitative estimate of drug-likeness (QED) is 0.804. The fourth-order valence-electron chi connectivity index (χ4n) is 1.88. The van der Waals surface area contributed by atoms with Crippen molar-refractivity contribution in [2.45, 2.75) is 6.54 Å². The molecule has 1 aliphatic rings. The summed E-state index contributed by atoms with van der Waals surface area (Å²) in [6, 6.07) is 6.01. The van der Waals surface area contributed by atoms with Crippen molar-refractivity contribution in [3.05, 3.63) is 56.9 Å². The molecule has 102 valence electrons. The minimum absolute atomic E-state index is 0.131. The van der Waals surface area contributed by atoms with Crippen LogP contribution in [-0.2, 0) is 6.54 Å². The maximum atomic E-state index is 12.1. The van der Waals surface area contributed by atoms with Crippen LogP contribution in [0, 0.1) is 0 Å². The molecule has 0 amide bonds. The largest absolute Gasteiger partial charge is 0.454 e. The SMILES string of the molecule is O=C(Cn1ccc(=O)[nH]c1=O)c1ccc2c(c1)OCO2. The molecule has 3 rings (SSSR count). The van der Waals surface area contributed by atoms with E-state index >= 15 is 0 Å². The second kappa shape index (κ2) is 4.69. The molecule has 7 heteroatoms. The summed E-state index contributed by atoms with van der Waals surface area (Å²) in [5.41, 5.74) is -0.708. The van der Waals surface area contributed by atoms with E-state index < -0.39 is 11.2 Å². The number of ether oxygens (including phenoxy) is 2. The molecule has 0 bridgehead atoms. The highest BCUT2D eigenvalue weighted by atomic mass is 16.7. The Kier molecular flexibility index (Phi) is 2.86. The monoisotopic (exact) mass is 274 g/mol. The first-order chi connectivity index (χ1) is 9.63. The highest BCUT2D eigenvalue weighted by Gasteiger charge is 2.16. The number of rotatable bonds is 3. The molecule has 1 aromatic carbocycles. The number of hydrogen-bond donors (Lipinski definition) is 1. The van der Waals surface area contributed by atoms with Crippen LogP contribution in [0.4, 0.5) is 0 Å². The maximum absolute atomic E-state index is 12.1. The van der Waals surface area contributed by atoms with Gasteiger partial charge in [0.15, 0.2) is 17.3 Å². The van der Waals surface area contributed by atoms with E-state index in [0.29, 0.717) is 17.1 Å². The molecular weight excluding hydrogens is 264 g/mol. The lowest BCUT2D eigenvalue weighted by molar-refractivity contribution is 0.0969. The number of nitrogens with one attached hydrogen (secondary N) is 1. The van der Waals surface area contributed by atoms with E-state index in [4.69, 9.17) is 9.47 Å². The first-order valence-corrected chi connectivity index (χ1v) is 5.86. The molecule has 0 radical (unpaired) electrons. The lowest BCUT2D eigenvalue weighted by Crippen LogP contribution is -2.30. The number of ketones is 1. The zero-order chi connectivity index (χ0) is 14.1. The van der Waals surface area contributed by atoms with Gasteiger partial charge in [0.25, 0.3) is 5.56 Å². The molecule has 1 aromatic heterocycles. The maximum Gasteiger partial charge on any atom is 0.328 e. The number of aromatic amines is 1. The molecule has 1 N–H and O–H groups in total. The van der Waals surface area contributed by atoms with Gasteiger partial charge in [-0.15, -0.1) is 0 Å². The smallest absolute Gasteiger partial charge is 0.328 e. The van der Waals surface area contributed by atoms with Gasteiger partial charge in [-0.2, -0.15) is 0 Å². The highest BCUT2D eigenvalue weighted by Crippen LogP contribution is 2.32. The Balaban J connectivity index is 1.86. The molecule has 7 nitrogen and oxygen atoms in total. The molecule has 20 heavy (non-hydrogen) atoms. The van der Waals surface area contributed by atoms with Crippen LogP contribution in [0.5, 0.6) is 11.5 Å². The number of nitrogens with zero attached hydrogens (tertiary/aromatic N) is 1. The second-order valence-corrected chi connectivity index (χ2v) is 4.23. The normalized spacial score (nSPS) is 12.4. The van der Waals surface area contributed by atoms with E-state index in [-0.39, 0.29) is 19.1 Å². The van der Waals surface area contributed by atoms with E-state index in [1.807, 2.05) is 0 Å². The Hall–Kier alpha value is -2.83. The number of Topliss-reactive ketones (excluding diaryl/α,β-unsaturated/α-hetero) is 1. The predicted molar refractivity (Wildman–Crippen MR) is 68.2 cm³/mol. The van der Waals surface area contributed by atoms with Crippen molar-refractivity contribution in [2.24, 2.45) is 0 Å². The number of hydrogen-bond acceptors (Lipinski definition) is 5. The van der Waals surface area contributed by atoms with Crippen molar-refractivity contribution in [3.63, 3.8) is 0 Å². The Morgan fingerprint density at radius 1 is 1.20 bits per heavy atom. The average Bonchev–Trinajstić information content (AvgIpc) is 2.89. The fraction of sp³-hybridized carbons (Fsp3) is 0.154. The van der Waals surface area contributed by atoms with Gasteiger partial charge in [0.1, 0.15) is 0 Å². The van der Waals surface area contributed by atoms with Gasteiger partial charge in [-0.1, -0.05) is 0 Å². The van der Waals surface area contributed by atoms with Crippen molar-refractivity contribution in [3.8, 4) is 11.5 Å². The van der Waals surface area contributed by atoms with Gasteiger partial charge < -0.3 is 9.47 Å². The number of fused-ring (bicyclic) bond motifs is 1. The van der Waals surface area contributed by atoms with Gasteiger partial charge in [-0.25, -0.2) is 4.79 Å². The highest BCUT2D eigenvalue weighted by molar-refractivity contribution is 5.96. The summed E-state index contributed by atoms with van der Waals surface area (Å²) >= 11 is 0. The van der Waals surface area contributed by atoms with E-state index in [1.54, 1.807) is 18.2 Å². The predicted octanol–water partition coefficient (Wildman–Crippen LogP) is 0.148. The molecule has 0 spiro atoms. The number of carbonyl (C=O) groups is 1. The van der Waals surface area contributed by atoms with Gasteiger partial charge >= 0.3 is 5.69 Å². The molecule has 0 atom stereocenters. The van der Waals surface area contributed by atoms with Crippen LogP contribution in [0.25, 0.3) is 0 Å². The lowest BCUT2D eigenvalue weighted by Gasteiger charge is -2.04. The van der Waals surface area contributed by atoms with Crippen LogP contribution in [0.15, 0.2) is 40.1 Å². The third kappa shape index (κ3) is 2.20. The van der Waals surface area contributed by atoms with Gasteiger partial charge in [0.05, 0.1) is 6.54 Å². The topological polar surface area (TPSA) is 90.4 Å². The average molecular weight is 274 g/mol. The summed E-state index contributed by atoms with van der Waals surface area (Å²) in [5.74, 6) is 0.824. The number of carbonyl (C=O) groups excluding carboxylic acids is 1. The minimum Gasteiger partial charge on any atom is -0.454 e. The zero-order valence-corrected chi connectivity index (χ0v) is 10.3. The fourth-order valence-corrected chi connectivity index (χ4v) is 1.88. The van der Waals surface area contributed by atoms with Gasteiger partial charge in [0.2, 0.25) is 6.79 Å². The van der Waals surface area contributed by atoms with Crippen molar-refractivity contribution in [2.75, 3.05) is 6.79 Å². The molecule has 0 saturated heterocycles. The van der Waals surface area contributed by atoms with Crippen molar-refractivity contribution in [1.29, 1.82) is 0 Å². The minimum atomic E-state index is -0.619. The third-order valence-corrected chi connectivity index (χ3v) is 2.91. The summed E-state index contributed by atoms with van der Waals surface area (Å²) in [7, 11) is 0. The molecule has 2 aromatic rings. The molecule has 2 heterocycles. The Bertz CT molecular complexity index is 790. The zero-order valence-electron chi connectivity index (χ0n) is 10.3. The standard InChI is InChI=1S/C13H10N2O5/c16-9(6-15-4-3-12(17)14-13(15)18)8-1-2-10-11(5-8)20-7-19-10/h1-5H,6-7H2,(H,14,17,18). The first kappa shape index (κ1) is 12.2. The van der Waals surface area contributed by atoms with E-state index in [0.717, 1.165) is 4.57 Å². The number of aromatic nitrogens is 2. The van der Waals surface area contributed by atoms with Crippen LogP contribution in [0.1, 0.15) is 10.4 Å². The molecule has 0 saturated carbocycles. The summed E-state index contributed by atoms with van der Waals surface area (Å²) < 4.78 is 11.5. The van der Waals surface area contributed by atoms with Crippen LogP contribution in [0.3, 0.4) is 0 Å². The number of H-pyrrole nitrogens is 1. The Morgan fingerprint density at radius 3 is 2.80 bits per heavy atom. The lowest BCUT2D eigenvalue weighted by atomic mass is 10.1.